The van der Waals surface area contributed by atoms with Crippen molar-refractivity contribution in [2.24, 2.45) is 0 Å². The van der Waals surface area contributed by atoms with Crippen LogP contribution >= 0.6 is 0 Å². The average molecular weight is 534 g/mol. The number of rotatable bonds is 7. The van der Waals surface area contributed by atoms with E-state index in [1.165, 1.54) is 25.0 Å². The lowest BCUT2D eigenvalue weighted by Gasteiger charge is -2.15. The van der Waals surface area contributed by atoms with Crippen molar-refractivity contribution in [2.75, 3.05) is 26.2 Å². The zero-order valence-corrected chi connectivity index (χ0v) is 22.1. The molecule has 2 N–H and O–H groups in total. The number of pyridine rings is 3. The van der Waals surface area contributed by atoms with Crippen LogP contribution in [0, 0.1) is 12.7 Å². The number of fused-ring (bicyclic) bond motifs is 2. The van der Waals surface area contributed by atoms with Crippen LogP contribution in [0.1, 0.15) is 18.4 Å². The molecule has 7 rings (SSSR count). The normalized spacial score (nSPS) is 13.9. The number of ether oxygens (including phenoxy) is 1. The first-order valence-electron chi connectivity index (χ1n) is 13.5. The van der Waals surface area contributed by atoms with E-state index in [-0.39, 0.29) is 5.82 Å². The molecule has 6 aromatic rings. The zero-order valence-electron chi connectivity index (χ0n) is 22.1. The van der Waals surface area contributed by atoms with Crippen LogP contribution in [0.25, 0.3) is 55.6 Å². The number of nitrogens with zero attached hydrogens (tertiary/aromatic N) is 5. The maximum absolute atomic E-state index is 14.7. The van der Waals surface area contributed by atoms with Gasteiger partial charge in [0.25, 0.3) is 0 Å². The molecule has 0 bridgehead atoms. The molecule has 1 fully saturated rings. The molecule has 1 aliphatic heterocycles. The van der Waals surface area contributed by atoms with Gasteiger partial charge in [-0.3, -0.25) is 25.0 Å². The first-order valence-corrected chi connectivity index (χ1v) is 13.5. The Balaban J connectivity index is 1.24. The van der Waals surface area contributed by atoms with Crippen molar-refractivity contribution in [1.82, 2.24) is 35.0 Å². The van der Waals surface area contributed by atoms with Crippen LogP contribution in [0.5, 0.6) is 5.75 Å². The summed E-state index contributed by atoms with van der Waals surface area (Å²) >= 11 is 0. The lowest BCUT2D eigenvalue weighted by molar-refractivity contribution is 0.237. The number of benzene rings is 1. The monoisotopic (exact) mass is 533 g/mol. The van der Waals surface area contributed by atoms with Crippen LogP contribution in [0.3, 0.4) is 0 Å². The summed E-state index contributed by atoms with van der Waals surface area (Å²) in [5.41, 5.74) is 7.70. The number of aromatic amines is 2. The van der Waals surface area contributed by atoms with Gasteiger partial charge in [0.15, 0.2) is 0 Å². The number of H-pyrrole nitrogens is 2. The van der Waals surface area contributed by atoms with Crippen molar-refractivity contribution >= 4 is 21.8 Å². The minimum atomic E-state index is -0.342. The maximum Gasteiger partial charge on any atom is 0.127 e. The van der Waals surface area contributed by atoms with Gasteiger partial charge in [-0.2, -0.15) is 5.10 Å². The molecule has 1 saturated heterocycles. The molecule has 40 heavy (non-hydrogen) atoms. The summed E-state index contributed by atoms with van der Waals surface area (Å²) in [5, 5.41) is 9.55. The van der Waals surface area contributed by atoms with Crippen LogP contribution in [0.15, 0.2) is 67.4 Å². The van der Waals surface area contributed by atoms with Gasteiger partial charge in [-0.1, -0.05) is 0 Å². The van der Waals surface area contributed by atoms with E-state index in [1.807, 2.05) is 37.4 Å². The van der Waals surface area contributed by atoms with Crippen LogP contribution < -0.4 is 4.74 Å². The molecule has 1 aromatic carbocycles. The van der Waals surface area contributed by atoms with E-state index < -0.39 is 0 Å². The Morgan fingerprint density at radius 1 is 0.925 bits per heavy atom. The van der Waals surface area contributed by atoms with E-state index in [0.717, 1.165) is 75.2 Å². The van der Waals surface area contributed by atoms with Gasteiger partial charge in [0.1, 0.15) is 23.9 Å². The Kier molecular flexibility index (Phi) is 6.20. The number of likely N-dealkylation sites (tertiary alicyclic amines) is 1. The molecule has 0 aliphatic carbocycles. The first kappa shape index (κ1) is 24.4. The van der Waals surface area contributed by atoms with E-state index in [1.54, 1.807) is 24.8 Å². The van der Waals surface area contributed by atoms with Crippen LogP contribution in [-0.2, 0) is 0 Å². The molecule has 0 amide bonds. The van der Waals surface area contributed by atoms with Crippen molar-refractivity contribution in [1.29, 1.82) is 0 Å². The Morgan fingerprint density at radius 2 is 1.80 bits per heavy atom. The van der Waals surface area contributed by atoms with Gasteiger partial charge in [0.2, 0.25) is 0 Å². The molecule has 9 heteroatoms. The highest BCUT2D eigenvalue weighted by molar-refractivity contribution is 6.01. The standard InChI is InChI=1S/C31H28FN7O/c1-19-4-5-33-15-25(19)27-14-24-30(18-35-27)37-38-31(24)28-13-23-26(16-34-17-29(23)36-28)20-10-21(32)12-22(11-20)40-9-8-39-6-2-3-7-39/h4-5,10-18,36H,2-3,6-9H2,1H3,(H,37,38). The first-order chi connectivity index (χ1) is 19.6. The number of aryl methyl sites for hydroxylation is 1. The third-order valence-electron chi connectivity index (χ3n) is 7.62. The summed E-state index contributed by atoms with van der Waals surface area (Å²) < 4.78 is 20.7. The van der Waals surface area contributed by atoms with Crippen LogP contribution in [0.4, 0.5) is 4.39 Å². The molecule has 200 valence electrons. The van der Waals surface area contributed by atoms with Gasteiger partial charge in [-0.15, -0.1) is 0 Å². The van der Waals surface area contributed by atoms with Gasteiger partial charge in [0, 0.05) is 53.1 Å². The third kappa shape index (κ3) is 4.58. The van der Waals surface area contributed by atoms with Gasteiger partial charge in [-0.25, -0.2) is 4.39 Å². The molecule has 1 aliphatic rings. The minimum Gasteiger partial charge on any atom is -0.492 e. The Labute approximate surface area is 230 Å². The fourth-order valence-electron chi connectivity index (χ4n) is 5.51. The summed E-state index contributed by atoms with van der Waals surface area (Å²) in [5.74, 6) is 0.177. The lowest BCUT2D eigenvalue weighted by atomic mass is 10.0. The summed E-state index contributed by atoms with van der Waals surface area (Å²) in [4.78, 5) is 19.2. The van der Waals surface area contributed by atoms with Gasteiger partial charge in [0.05, 0.1) is 34.8 Å². The van der Waals surface area contributed by atoms with E-state index >= 15 is 0 Å². The topological polar surface area (TPSA) is 95.6 Å². The second-order valence-electron chi connectivity index (χ2n) is 10.3. The third-order valence-corrected chi connectivity index (χ3v) is 7.62. The molecule has 0 spiro atoms. The van der Waals surface area contributed by atoms with Crippen molar-refractivity contribution in [2.45, 2.75) is 19.8 Å². The molecular formula is C31H28FN7O. The Morgan fingerprint density at radius 3 is 2.67 bits per heavy atom. The van der Waals surface area contributed by atoms with Gasteiger partial charge in [-0.05, 0) is 74.3 Å². The molecule has 0 saturated carbocycles. The number of nitrogens with one attached hydrogen (secondary N) is 2. The van der Waals surface area contributed by atoms with E-state index in [4.69, 9.17) is 4.74 Å². The molecule has 8 nitrogen and oxygen atoms in total. The van der Waals surface area contributed by atoms with Crippen molar-refractivity contribution in [3.05, 3.63) is 78.8 Å². The van der Waals surface area contributed by atoms with Gasteiger partial charge < -0.3 is 9.72 Å². The SMILES string of the molecule is Cc1ccncc1-c1cc2c(-c3cc4c(-c5cc(F)cc(OCCN6CCCC6)c5)cncc4[nH]3)n[nH]c2cn1. The number of halogens is 1. The molecule has 6 heterocycles. The molecule has 0 atom stereocenters. The highest BCUT2D eigenvalue weighted by atomic mass is 19.1. The largest absolute Gasteiger partial charge is 0.492 e. The predicted molar refractivity (Wildman–Crippen MR) is 154 cm³/mol. The predicted octanol–water partition coefficient (Wildman–Crippen LogP) is 6.15. The fourth-order valence-corrected chi connectivity index (χ4v) is 5.51. The highest BCUT2D eigenvalue weighted by Crippen LogP contribution is 2.35. The highest BCUT2D eigenvalue weighted by Gasteiger charge is 2.17. The molecule has 0 unspecified atom stereocenters. The van der Waals surface area contributed by atoms with E-state index in [0.29, 0.717) is 17.9 Å². The summed E-state index contributed by atoms with van der Waals surface area (Å²) in [6.45, 7) is 5.63. The van der Waals surface area contributed by atoms with Crippen molar-refractivity contribution in [3.8, 4) is 39.5 Å². The van der Waals surface area contributed by atoms with Crippen LogP contribution in [-0.4, -0.2) is 61.3 Å². The summed E-state index contributed by atoms with van der Waals surface area (Å²) in [6.07, 6.45) is 11.4. The van der Waals surface area contributed by atoms with Crippen LogP contribution in [0.2, 0.25) is 0 Å². The quantitative estimate of drug-likeness (QED) is 0.256. The van der Waals surface area contributed by atoms with Gasteiger partial charge >= 0.3 is 0 Å². The van der Waals surface area contributed by atoms with Crippen molar-refractivity contribution < 1.29 is 9.13 Å². The number of hydrogen-bond donors (Lipinski definition) is 2. The molecule has 0 radical (unpaired) electrons. The summed E-state index contributed by atoms with van der Waals surface area (Å²) in [6, 6.07) is 10.9. The second-order valence-corrected chi connectivity index (χ2v) is 10.3. The zero-order chi connectivity index (χ0) is 27.1. The average Bonchev–Trinajstić information content (AvgIpc) is 3.72. The Hall–Kier alpha value is -4.63. The Bertz CT molecular complexity index is 1840. The lowest BCUT2D eigenvalue weighted by Crippen LogP contribution is -2.25. The molecule has 5 aromatic heterocycles. The maximum atomic E-state index is 14.7. The number of hydrogen-bond acceptors (Lipinski definition) is 6. The molecular weight excluding hydrogens is 505 g/mol. The smallest absolute Gasteiger partial charge is 0.127 e. The fraction of sp³-hybridized carbons (Fsp3) is 0.226. The van der Waals surface area contributed by atoms with Crippen molar-refractivity contribution in [3.63, 3.8) is 0 Å². The second kappa shape index (κ2) is 10.2. The van der Waals surface area contributed by atoms with E-state index in [2.05, 4.69) is 35.0 Å². The minimum absolute atomic E-state index is 0.342. The summed E-state index contributed by atoms with van der Waals surface area (Å²) in [7, 11) is 0. The van der Waals surface area contributed by atoms with E-state index in [9.17, 15) is 4.39 Å². The number of aromatic nitrogens is 6.